The fourth-order valence-electron chi connectivity index (χ4n) is 1.92. The Hall–Kier alpha value is -3.55. The fourth-order valence-corrected chi connectivity index (χ4v) is 1.92. The highest BCUT2D eigenvalue weighted by atomic mass is 16.2. The van der Waals surface area contributed by atoms with Crippen LogP contribution >= 0.6 is 0 Å². The highest BCUT2D eigenvalue weighted by Crippen LogP contribution is 2.16. The molecule has 2 aromatic rings. The van der Waals surface area contributed by atoms with Crippen LogP contribution in [0.25, 0.3) is 0 Å². The fraction of sp³-hybridized carbons (Fsp3) is 0.0625. The second-order valence-corrected chi connectivity index (χ2v) is 4.81. The minimum atomic E-state index is -0.415. The zero-order valence-electron chi connectivity index (χ0n) is 12.9. The molecule has 24 heavy (non-hydrogen) atoms. The Labute approximate surface area is 138 Å². The summed E-state index contributed by atoms with van der Waals surface area (Å²) in [5.74, 6) is -0.186. The molecule has 5 N–H and O–H groups in total. The van der Waals surface area contributed by atoms with E-state index in [1.807, 2.05) is 0 Å². The maximum Gasteiger partial charge on any atom is 0.323 e. The minimum absolute atomic E-state index is 0.186. The molecular weight excluding hydrogens is 310 g/mol. The Kier molecular flexibility index (Phi) is 5.73. The van der Waals surface area contributed by atoms with Crippen molar-refractivity contribution in [1.82, 2.24) is 5.43 Å². The number of rotatable bonds is 6. The second kappa shape index (κ2) is 8.18. The zero-order valence-corrected chi connectivity index (χ0v) is 12.9. The van der Waals surface area contributed by atoms with Crippen molar-refractivity contribution in [3.05, 3.63) is 48.5 Å². The van der Waals surface area contributed by atoms with Gasteiger partial charge >= 0.3 is 6.03 Å². The summed E-state index contributed by atoms with van der Waals surface area (Å²) >= 11 is 0. The van der Waals surface area contributed by atoms with Gasteiger partial charge in [-0.3, -0.25) is 20.4 Å². The molecule has 124 valence electrons. The van der Waals surface area contributed by atoms with Crippen LogP contribution in [0, 0.1) is 0 Å². The van der Waals surface area contributed by atoms with Crippen LogP contribution in [-0.2, 0) is 9.59 Å². The van der Waals surface area contributed by atoms with Gasteiger partial charge in [0.1, 0.15) is 0 Å². The van der Waals surface area contributed by atoms with Crippen LogP contribution in [0.4, 0.5) is 27.5 Å². The van der Waals surface area contributed by atoms with Gasteiger partial charge in [0.05, 0.1) is 5.69 Å². The highest BCUT2D eigenvalue weighted by molar-refractivity contribution is 6.00. The summed E-state index contributed by atoms with van der Waals surface area (Å²) in [5, 5.41) is 8.00. The Morgan fingerprint density at radius 1 is 0.833 bits per heavy atom. The van der Waals surface area contributed by atoms with Crippen LogP contribution in [0.1, 0.15) is 6.92 Å². The topological polar surface area (TPSA) is 111 Å². The number of hydrogen-bond donors (Lipinski definition) is 5. The molecule has 0 aromatic heterocycles. The molecule has 0 bridgehead atoms. The number of hydrazine groups is 1. The Balaban J connectivity index is 1.93. The van der Waals surface area contributed by atoms with Gasteiger partial charge in [-0.2, -0.15) is 0 Å². The highest BCUT2D eigenvalue weighted by Gasteiger charge is 2.04. The molecule has 0 fully saturated rings. The molecule has 0 saturated heterocycles. The van der Waals surface area contributed by atoms with E-state index in [9.17, 15) is 14.4 Å². The van der Waals surface area contributed by atoms with Crippen molar-refractivity contribution in [2.24, 2.45) is 0 Å². The van der Waals surface area contributed by atoms with Crippen molar-refractivity contribution in [3.8, 4) is 0 Å². The number of nitrogens with one attached hydrogen (secondary N) is 5. The van der Waals surface area contributed by atoms with Crippen molar-refractivity contribution in [3.63, 3.8) is 0 Å². The molecule has 2 rings (SSSR count). The van der Waals surface area contributed by atoms with E-state index < -0.39 is 6.03 Å². The molecule has 0 radical (unpaired) electrons. The standard InChI is InChI=1S/C16H17N5O3/c1-11(23)18-14-3-2-4-15(9-14)20-16(24)19-12-5-7-13(8-6-12)21-17-10-22/h2-10,21H,1H3,(H,17,22)(H,18,23)(H2,19,20,24). The Bertz CT molecular complexity index is 731. The maximum atomic E-state index is 12.0. The SMILES string of the molecule is CC(=O)Nc1cccc(NC(=O)Nc2ccc(NNC=O)cc2)c1. The van der Waals surface area contributed by atoms with Gasteiger partial charge < -0.3 is 16.0 Å². The average molecular weight is 327 g/mol. The van der Waals surface area contributed by atoms with E-state index in [0.717, 1.165) is 0 Å². The van der Waals surface area contributed by atoms with Crippen molar-refractivity contribution < 1.29 is 14.4 Å². The van der Waals surface area contributed by atoms with Crippen LogP contribution in [0.15, 0.2) is 48.5 Å². The van der Waals surface area contributed by atoms with Crippen LogP contribution in [0.3, 0.4) is 0 Å². The van der Waals surface area contributed by atoms with Crippen molar-refractivity contribution in [2.75, 3.05) is 21.4 Å². The summed E-state index contributed by atoms with van der Waals surface area (Å²) in [6.45, 7) is 1.41. The number of benzene rings is 2. The Morgan fingerprint density at radius 2 is 1.42 bits per heavy atom. The van der Waals surface area contributed by atoms with Crippen LogP contribution in [0.5, 0.6) is 0 Å². The first-order valence-electron chi connectivity index (χ1n) is 7.08. The molecular formula is C16H17N5O3. The lowest BCUT2D eigenvalue weighted by Gasteiger charge is -2.10. The van der Waals surface area contributed by atoms with E-state index in [1.165, 1.54) is 6.92 Å². The second-order valence-electron chi connectivity index (χ2n) is 4.81. The molecule has 0 aliphatic rings. The molecule has 4 amide bonds. The third-order valence-corrected chi connectivity index (χ3v) is 2.86. The van der Waals surface area contributed by atoms with Gasteiger partial charge in [0, 0.05) is 24.0 Å². The largest absolute Gasteiger partial charge is 0.326 e. The van der Waals surface area contributed by atoms with Crippen LogP contribution in [0.2, 0.25) is 0 Å². The summed E-state index contributed by atoms with van der Waals surface area (Å²) in [7, 11) is 0. The molecule has 0 aliphatic heterocycles. The van der Waals surface area contributed by atoms with Crippen LogP contribution in [-0.4, -0.2) is 18.3 Å². The molecule has 0 unspecified atom stereocenters. The van der Waals surface area contributed by atoms with Gasteiger partial charge in [-0.05, 0) is 42.5 Å². The predicted octanol–water partition coefficient (Wildman–Crippen LogP) is 2.36. The number of carbonyl (C=O) groups excluding carboxylic acids is 3. The zero-order chi connectivity index (χ0) is 17.4. The van der Waals surface area contributed by atoms with Gasteiger partial charge in [-0.25, -0.2) is 4.79 Å². The number of hydrogen-bond acceptors (Lipinski definition) is 4. The van der Waals surface area contributed by atoms with E-state index in [0.29, 0.717) is 29.2 Å². The molecule has 0 heterocycles. The number of urea groups is 1. The number of carbonyl (C=O) groups is 3. The first-order valence-corrected chi connectivity index (χ1v) is 7.08. The van der Waals surface area contributed by atoms with Crippen molar-refractivity contribution in [1.29, 1.82) is 0 Å². The number of anilines is 4. The first kappa shape index (κ1) is 16.8. The van der Waals surface area contributed by atoms with E-state index in [4.69, 9.17) is 0 Å². The van der Waals surface area contributed by atoms with Crippen molar-refractivity contribution >= 4 is 41.1 Å². The van der Waals surface area contributed by atoms with E-state index in [-0.39, 0.29) is 5.91 Å². The molecule has 0 atom stereocenters. The lowest BCUT2D eigenvalue weighted by molar-refractivity contribution is -0.114. The average Bonchev–Trinajstić information content (AvgIpc) is 2.54. The molecule has 0 aliphatic carbocycles. The van der Waals surface area contributed by atoms with Crippen molar-refractivity contribution in [2.45, 2.75) is 6.92 Å². The molecule has 8 nitrogen and oxygen atoms in total. The summed E-state index contributed by atoms with van der Waals surface area (Å²) in [6.07, 6.45) is 0.523. The molecule has 0 saturated carbocycles. The maximum absolute atomic E-state index is 12.0. The van der Waals surface area contributed by atoms with E-state index >= 15 is 0 Å². The van der Waals surface area contributed by atoms with E-state index in [1.54, 1.807) is 48.5 Å². The lowest BCUT2D eigenvalue weighted by atomic mass is 10.2. The quantitative estimate of drug-likeness (QED) is 0.414. The molecule has 8 heteroatoms. The summed E-state index contributed by atoms with van der Waals surface area (Å²) in [4.78, 5) is 33.2. The first-order chi connectivity index (χ1) is 11.6. The third-order valence-electron chi connectivity index (χ3n) is 2.86. The minimum Gasteiger partial charge on any atom is -0.326 e. The van der Waals surface area contributed by atoms with Gasteiger partial charge in [-0.1, -0.05) is 6.07 Å². The van der Waals surface area contributed by atoms with Gasteiger partial charge in [0.2, 0.25) is 12.3 Å². The monoisotopic (exact) mass is 327 g/mol. The van der Waals surface area contributed by atoms with E-state index in [2.05, 4.69) is 26.8 Å². The molecule has 2 aromatic carbocycles. The summed E-state index contributed by atoms with van der Waals surface area (Å²) in [6, 6.07) is 13.2. The predicted molar refractivity (Wildman–Crippen MR) is 92.7 cm³/mol. The van der Waals surface area contributed by atoms with Gasteiger partial charge in [0.15, 0.2) is 0 Å². The van der Waals surface area contributed by atoms with Gasteiger partial charge in [0.25, 0.3) is 0 Å². The van der Waals surface area contributed by atoms with Crippen LogP contribution < -0.4 is 26.8 Å². The lowest BCUT2D eigenvalue weighted by Crippen LogP contribution is -2.20. The summed E-state index contributed by atoms with van der Waals surface area (Å²) < 4.78 is 0. The Morgan fingerprint density at radius 3 is 2.04 bits per heavy atom. The normalized spacial score (nSPS) is 9.54. The van der Waals surface area contributed by atoms with Gasteiger partial charge in [-0.15, -0.1) is 0 Å². The summed E-state index contributed by atoms with van der Waals surface area (Å²) in [5.41, 5.74) is 7.38. The third kappa shape index (κ3) is 5.34. The number of amides is 4. The smallest absolute Gasteiger partial charge is 0.323 e. The molecule has 0 spiro atoms.